The summed E-state index contributed by atoms with van der Waals surface area (Å²) in [6.45, 7) is 4.29. The third-order valence-electron chi connectivity index (χ3n) is 5.10. The van der Waals surface area contributed by atoms with Gasteiger partial charge in [-0.3, -0.25) is 4.90 Å². The summed E-state index contributed by atoms with van der Waals surface area (Å²) < 4.78 is 2.40. The fourth-order valence-electron chi connectivity index (χ4n) is 3.99. The van der Waals surface area contributed by atoms with Crippen molar-refractivity contribution < 1.29 is 0 Å². The van der Waals surface area contributed by atoms with Gasteiger partial charge in [0, 0.05) is 30.4 Å². The molecule has 1 saturated heterocycles. The number of fused-ring (bicyclic) bond motifs is 1. The van der Waals surface area contributed by atoms with Crippen molar-refractivity contribution in [3.05, 3.63) is 33.3 Å². The fraction of sp³-hybridized carbons (Fsp3) is 0.647. The van der Waals surface area contributed by atoms with Crippen LogP contribution < -0.4 is 0 Å². The van der Waals surface area contributed by atoms with E-state index in [1.54, 1.807) is 0 Å². The van der Waals surface area contributed by atoms with Gasteiger partial charge in [-0.15, -0.1) is 11.3 Å². The van der Waals surface area contributed by atoms with Crippen molar-refractivity contribution in [2.24, 2.45) is 7.05 Å². The summed E-state index contributed by atoms with van der Waals surface area (Å²) >= 11 is 1.82. The van der Waals surface area contributed by atoms with Crippen LogP contribution in [0.3, 0.4) is 0 Å². The van der Waals surface area contributed by atoms with Gasteiger partial charge in [-0.1, -0.05) is 0 Å². The Morgan fingerprint density at radius 3 is 2.91 bits per heavy atom. The smallest absolute Gasteiger partial charge is 0.126 e. The molecule has 118 valence electrons. The molecular weight excluding hydrogens is 292 g/mol. The molecule has 0 unspecified atom stereocenters. The number of aromatic nitrogens is 3. The monoisotopic (exact) mass is 316 g/mol. The number of likely N-dealkylation sites (tertiary alicyclic amines) is 1. The molecule has 1 aliphatic carbocycles. The van der Waals surface area contributed by atoms with Crippen LogP contribution in [0.5, 0.6) is 0 Å². The van der Waals surface area contributed by atoms with E-state index in [1.807, 2.05) is 17.5 Å². The van der Waals surface area contributed by atoms with Gasteiger partial charge in [0.2, 0.25) is 0 Å². The Labute approximate surface area is 136 Å². The van der Waals surface area contributed by atoms with Crippen LogP contribution in [0.15, 0.2) is 6.20 Å². The minimum absolute atomic E-state index is 0.484. The van der Waals surface area contributed by atoms with Crippen LogP contribution in [0, 0.1) is 6.92 Å². The van der Waals surface area contributed by atoms with E-state index in [2.05, 4.69) is 28.4 Å². The van der Waals surface area contributed by atoms with Crippen molar-refractivity contribution >= 4 is 11.3 Å². The highest BCUT2D eigenvalue weighted by molar-refractivity contribution is 7.11. The highest BCUT2D eigenvalue weighted by atomic mass is 32.1. The number of aryl methyl sites for hydroxylation is 2. The summed E-state index contributed by atoms with van der Waals surface area (Å²) in [6.07, 6.45) is 9.56. The van der Waals surface area contributed by atoms with E-state index in [-0.39, 0.29) is 0 Å². The zero-order chi connectivity index (χ0) is 15.1. The molecule has 0 amide bonds. The summed E-state index contributed by atoms with van der Waals surface area (Å²) in [5.41, 5.74) is 2.85. The maximum Gasteiger partial charge on any atom is 0.126 e. The molecule has 0 saturated carbocycles. The molecule has 1 aliphatic heterocycles. The van der Waals surface area contributed by atoms with Crippen LogP contribution in [-0.4, -0.2) is 26.0 Å². The summed E-state index contributed by atoms with van der Waals surface area (Å²) in [6, 6.07) is 0.484. The maximum atomic E-state index is 5.04. The molecule has 22 heavy (non-hydrogen) atoms. The van der Waals surface area contributed by atoms with Gasteiger partial charge < -0.3 is 4.57 Å². The number of hydrogen-bond acceptors (Lipinski definition) is 4. The lowest BCUT2D eigenvalue weighted by molar-refractivity contribution is 0.238. The second-order valence-corrected chi connectivity index (χ2v) is 7.92. The molecule has 0 aromatic carbocycles. The second-order valence-electron chi connectivity index (χ2n) is 6.60. The van der Waals surface area contributed by atoms with Gasteiger partial charge in [-0.05, 0) is 52.0 Å². The van der Waals surface area contributed by atoms with Crippen molar-refractivity contribution in [2.75, 3.05) is 6.54 Å². The molecule has 2 aliphatic rings. The predicted octanol–water partition coefficient (Wildman–Crippen LogP) is 3.40. The lowest BCUT2D eigenvalue weighted by Gasteiger charge is -2.23. The minimum atomic E-state index is 0.484. The van der Waals surface area contributed by atoms with E-state index in [0.29, 0.717) is 6.04 Å². The van der Waals surface area contributed by atoms with Gasteiger partial charge in [-0.2, -0.15) is 0 Å². The number of imidazole rings is 1. The van der Waals surface area contributed by atoms with Crippen LogP contribution >= 0.6 is 11.3 Å². The lowest BCUT2D eigenvalue weighted by atomic mass is 10.0. The molecule has 3 heterocycles. The molecule has 1 atom stereocenters. The van der Waals surface area contributed by atoms with Gasteiger partial charge in [0.1, 0.15) is 5.82 Å². The Hall–Kier alpha value is -1.20. The molecule has 4 nitrogen and oxygen atoms in total. The lowest BCUT2D eigenvalue weighted by Crippen LogP contribution is -2.24. The van der Waals surface area contributed by atoms with Gasteiger partial charge in [0.25, 0.3) is 0 Å². The Balaban J connectivity index is 1.59. The first-order chi connectivity index (χ1) is 10.7. The molecule has 4 rings (SSSR count). The third kappa shape index (κ3) is 2.50. The number of rotatable bonds is 3. The Kier molecular flexibility index (Phi) is 3.78. The maximum absolute atomic E-state index is 5.04. The number of thiazole rings is 1. The molecular formula is C17H24N4S. The van der Waals surface area contributed by atoms with Crippen molar-refractivity contribution in [1.29, 1.82) is 0 Å². The van der Waals surface area contributed by atoms with Crippen molar-refractivity contribution in [2.45, 2.75) is 58.0 Å². The average molecular weight is 316 g/mol. The van der Waals surface area contributed by atoms with E-state index in [9.17, 15) is 0 Å². The number of nitrogens with zero attached hydrogens (tertiary/aromatic N) is 4. The quantitative estimate of drug-likeness (QED) is 0.870. The van der Waals surface area contributed by atoms with E-state index < -0.39 is 0 Å². The Morgan fingerprint density at radius 2 is 2.14 bits per heavy atom. The standard InChI is InChI=1S/C17H24N4S/c1-12-18-10-13(22-12)11-21-9-5-8-16(21)17-19-14-6-3-4-7-15(14)20(17)2/h10,16H,3-9,11H2,1-2H3/t16-/m0/s1. The normalized spacial score (nSPS) is 22.2. The van der Waals surface area contributed by atoms with Crippen LogP contribution in [-0.2, 0) is 26.4 Å². The minimum Gasteiger partial charge on any atom is -0.334 e. The zero-order valence-electron chi connectivity index (χ0n) is 13.5. The molecule has 0 radical (unpaired) electrons. The first-order valence-electron chi connectivity index (χ1n) is 8.42. The van der Waals surface area contributed by atoms with Gasteiger partial charge >= 0.3 is 0 Å². The van der Waals surface area contributed by atoms with E-state index in [4.69, 9.17) is 4.98 Å². The van der Waals surface area contributed by atoms with Crippen LogP contribution in [0.1, 0.15) is 58.8 Å². The van der Waals surface area contributed by atoms with Crippen LogP contribution in [0.4, 0.5) is 0 Å². The molecule has 2 aromatic rings. The van der Waals surface area contributed by atoms with Gasteiger partial charge in [0.05, 0.1) is 16.7 Å². The van der Waals surface area contributed by atoms with E-state index >= 15 is 0 Å². The summed E-state index contributed by atoms with van der Waals surface area (Å²) in [5, 5.41) is 1.17. The summed E-state index contributed by atoms with van der Waals surface area (Å²) in [5.74, 6) is 1.30. The second kappa shape index (κ2) is 5.78. The highest BCUT2D eigenvalue weighted by Crippen LogP contribution is 2.35. The van der Waals surface area contributed by atoms with Crippen LogP contribution in [0.25, 0.3) is 0 Å². The highest BCUT2D eigenvalue weighted by Gasteiger charge is 2.31. The molecule has 0 spiro atoms. The first kappa shape index (κ1) is 14.4. The molecule has 1 fully saturated rings. The average Bonchev–Trinajstić information content (AvgIpc) is 3.21. The Morgan fingerprint density at radius 1 is 1.27 bits per heavy atom. The van der Waals surface area contributed by atoms with Crippen molar-refractivity contribution in [1.82, 2.24) is 19.4 Å². The topological polar surface area (TPSA) is 34.0 Å². The fourth-order valence-corrected chi connectivity index (χ4v) is 4.81. The zero-order valence-corrected chi connectivity index (χ0v) is 14.3. The summed E-state index contributed by atoms with van der Waals surface area (Å²) in [4.78, 5) is 13.4. The van der Waals surface area contributed by atoms with Crippen molar-refractivity contribution in [3.8, 4) is 0 Å². The molecule has 2 aromatic heterocycles. The number of hydrogen-bond donors (Lipinski definition) is 0. The largest absolute Gasteiger partial charge is 0.334 e. The Bertz CT molecular complexity index is 672. The van der Waals surface area contributed by atoms with E-state index in [0.717, 1.165) is 6.54 Å². The van der Waals surface area contributed by atoms with E-state index in [1.165, 1.54) is 72.2 Å². The molecule has 5 heteroatoms. The molecule has 0 bridgehead atoms. The predicted molar refractivity (Wildman–Crippen MR) is 89.1 cm³/mol. The van der Waals surface area contributed by atoms with Gasteiger partial charge in [-0.25, -0.2) is 9.97 Å². The molecule has 0 N–H and O–H groups in total. The van der Waals surface area contributed by atoms with Crippen molar-refractivity contribution in [3.63, 3.8) is 0 Å². The van der Waals surface area contributed by atoms with Crippen LogP contribution in [0.2, 0.25) is 0 Å². The first-order valence-corrected chi connectivity index (χ1v) is 9.24. The third-order valence-corrected chi connectivity index (χ3v) is 6.00. The SMILES string of the molecule is Cc1ncc(CN2CCC[C@H]2c2nc3c(n2C)CCCC3)s1. The van der Waals surface area contributed by atoms with Gasteiger partial charge in [0.15, 0.2) is 0 Å². The summed E-state index contributed by atoms with van der Waals surface area (Å²) in [7, 11) is 2.22.